The lowest BCUT2D eigenvalue weighted by Crippen LogP contribution is -2.45. The summed E-state index contributed by atoms with van der Waals surface area (Å²) in [5, 5.41) is 7.81. The molecule has 1 unspecified atom stereocenters. The molecule has 1 atom stereocenters. The van der Waals surface area contributed by atoms with E-state index >= 15 is 0 Å². The smallest absolute Gasteiger partial charge is 0.322 e. The second-order valence-electron chi connectivity index (χ2n) is 7.39. The normalized spacial score (nSPS) is 16.4. The Hall–Kier alpha value is -3.84. The number of halogens is 1. The van der Waals surface area contributed by atoms with Crippen LogP contribution in [0.1, 0.15) is 30.2 Å². The Morgan fingerprint density at radius 2 is 1.94 bits per heavy atom. The van der Waals surface area contributed by atoms with Crippen molar-refractivity contribution in [2.75, 3.05) is 0 Å². The van der Waals surface area contributed by atoms with Gasteiger partial charge in [-0.3, -0.25) is 4.90 Å². The number of carbonyl (C=O) groups excluding carboxylic acids is 1. The molecule has 1 N–H and O–H groups in total. The molecular formula is C24H19ClN4O3. The fourth-order valence-electron chi connectivity index (χ4n) is 3.78. The van der Waals surface area contributed by atoms with E-state index < -0.39 is 6.04 Å². The number of amides is 2. The van der Waals surface area contributed by atoms with E-state index in [2.05, 4.69) is 15.5 Å². The molecule has 32 heavy (non-hydrogen) atoms. The Morgan fingerprint density at radius 3 is 2.69 bits per heavy atom. The first-order valence-corrected chi connectivity index (χ1v) is 10.4. The van der Waals surface area contributed by atoms with Gasteiger partial charge in [0.1, 0.15) is 5.76 Å². The number of carbonyl (C=O) groups is 1. The van der Waals surface area contributed by atoms with Gasteiger partial charge >= 0.3 is 6.03 Å². The summed E-state index contributed by atoms with van der Waals surface area (Å²) >= 11 is 6.12. The van der Waals surface area contributed by atoms with Crippen molar-refractivity contribution in [2.45, 2.75) is 19.5 Å². The van der Waals surface area contributed by atoms with Gasteiger partial charge in [-0.2, -0.15) is 4.98 Å². The highest BCUT2D eigenvalue weighted by molar-refractivity contribution is 6.30. The van der Waals surface area contributed by atoms with Crippen molar-refractivity contribution in [2.24, 2.45) is 0 Å². The van der Waals surface area contributed by atoms with E-state index in [9.17, 15) is 4.79 Å². The zero-order chi connectivity index (χ0) is 22.1. The van der Waals surface area contributed by atoms with E-state index in [4.69, 9.17) is 20.5 Å². The molecule has 0 spiro atoms. The van der Waals surface area contributed by atoms with Gasteiger partial charge < -0.3 is 14.3 Å². The van der Waals surface area contributed by atoms with Crippen molar-refractivity contribution in [1.82, 2.24) is 20.4 Å². The summed E-state index contributed by atoms with van der Waals surface area (Å²) in [6.07, 6.45) is 1.58. The molecule has 4 aromatic rings. The van der Waals surface area contributed by atoms with Gasteiger partial charge in [-0.25, -0.2) is 4.79 Å². The standard InChI is InChI=1S/C24H19ClN4O3/c1-15-20(23-27-22(28-32-23)17-9-5-10-18(25)13-17)21(16-7-3-2-4-8-16)26-24(30)29(15)14-19-11-6-12-31-19/h2-13,21H,14H2,1H3,(H,26,30). The predicted octanol–water partition coefficient (Wildman–Crippen LogP) is 5.68. The minimum absolute atomic E-state index is 0.230. The molecule has 1 aliphatic heterocycles. The molecule has 7 nitrogen and oxygen atoms in total. The van der Waals surface area contributed by atoms with E-state index in [1.165, 1.54) is 0 Å². The van der Waals surface area contributed by atoms with Crippen LogP contribution in [0, 0.1) is 0 Å². The molecule has 2 aromatic carbocycles. The SMILES string of the molecule is CC1=C(c2nc(-c3cccc(Cl)c3)no2)C(c2ccccc2)NC(=O)N1Cc1ccco1. The quantitative estimate of drug-likeness (QED) is 0.426. The molecule has 0 saturated carbocycles. The third-order valence-electron chi connectivity index (χ3n) is 5.36. The minimum atomic E-state index is -0.441. The third-order valence-corrected chi connectivity index (χ3v) is 5.60. The molecule has 5 rings (SSSR count). The van der Waals surface area contributed by atoms with Gasteiger partial charge in [0.25, 0.3) is 5.89 Å². The van der Waals surface area contributed by atoms with E-state index in [1.807, 2.05) is 55.5 Å². The lowest BCUT2D eigenvalue weighted by molar-refractivity contribution is 0.199. The lowest BCUT2D eigenvalue weighted by atomic mass is 9.94. The maximum Gasteiger partial charge on any atom is 0.322 e. The van der Waals surface area contributed by atoms with Crippen molar-refractivity contribution in [3.8, 4) is 11.4 Å². The van der Waals surface area contributed by atoms with E-state index in [0.717, 1.165) is 16.7 Å². The van der Waals surface area contributed by atoms with Crippen LogP contribution in [0.4, 0.5) is 4.79 Å². The van der Waals surface area contributed by atoms with Gasteiger partial charge in [-0.15, -0.1) is 0 Å². The van der Waals surface area contributed by atoms with E-state index in [0.29, 0.717) is 28.2 Å². The molecule has 0 radical (unpaired) electrons. The van der Waals surface area contributed by atoms with Crippen molar-refractivity contribution >= 4 is 23.2 Å². The van der Waals surface area contributed by atoms with Crippen LogP contribution in [0.25, 0.3) is 17.0 Å². The summed E-state index contributed by atoms with van der Waals surface area (Å²) in [6, 6.07) is 19.9. The minimum Gasteiger partial charge on any atom is -0.467 e. The first kappa shape index (κ1) is 20.1. The van der Waals surface area contributed by atoms with Crippen LogP contribution in [0.5, 0.6) is 0 Å². The monoisotopic (exact) mass is 446 g/mol. The summed E-state index contributed by atoms with van der Waals surface area (Å²) in [5.74, 6) is 1.42. The number of rotatable bonds is 5. The van der Waals surface area contributed by atoms with Crippen LogP contribution in [0.3, 0.4) is 0 Å². The largest absolute Gasteiger partial charge is 0.467 e. The number of hydrogen-bond donors (Lipinski definition) is 1. The Labute approximate surface area is 189 Å². The second-order valence-corrected chi connectivity index (χ2v) is 7.83. The number of hydrogen-bond acceptors (Lipinski definition) is 5. The van der Waals surface area contributed by atoms with Crippen molar-refractivity contribution in [3.05, 3.63) is 101 Å². The van der Waals surface area contributed by atoms with E-state index in [1.54, 1.807) is 29.4 Å². The molecule has 160 valence electrons. The topological polar surface area (TPSA) is 84.4 Å². The molecule has 2 amide bonds. The number of nitrogens with zero attached hydrogens (tertiary/aromatic N) is 3. The Morgan fingerprint density at radius 1 is 1.09 bits per heavy atom. The number of furan rings is 1. The Balaban J connectivity index is 1.60. The molecule has 0 aliphatic carbocycles. The highest BCUT2D eigenvalue weighted by atomic mass is 35.5. The fraction of sp³-hybridized carbons (Fsp3) is 0.125. The zero-order valence-corrected chi connectivity index (χ0v) is 17.9. The predicted molar refractivity (Wildman–Crippen MR) is 119 cm³/mol. The molecule has 2 aromatic heterocycles. The summed E-state index contributed by atoms with van der Waals surface area (Å²) in [5.41, 5.74) is 3.09. The summed E-state index contributed by atoms with van der Waals surface area (Å²) in [4.78, 5) is 19.3. The van der Waals surface area contributed by atoms with Crippen LogP contribution in [0.2, 0.25) is 5.02 Å². The van der Waals surface area contributed by atoms with Crippen molar-refractivity contribution in [3.63, 3.8) is 0 Å². The molecular weight excluding hydrogens is 428 g/mol. The van der Waals surface area contributed by atoms with Gasteiger partial charge in [-0.05, 0) is 36.8 Å². The van der Waals surface area contributed by atoms with Crippen molar-refractivity contribution < 1.29 is 13.7 Å². The first-order valence-electron chi connectivity index (χ1n) is 10.1. The molecule has 0 fully saturated rings. The van der Waals surface area contributed by atoms with E-state index in [-0.39, 0.29) is 12.6 Å². The van der Waals surface area contributed by atoms with Crippen LogP contribution in [0.15, 0.2) is 87.6 Å². The highest BCUT2D eigenvalue weighted by Crippen LogP contribution is 2.37. The third kappa shape index (κ3) is 3.78. The molecule has 1 aliphatic rings. The fourth-order valence-corrected chi connectivity index (χ4v) is 3.97. The molecule has 8 heteroatoms. The summed E-state index contributed by atoms with van der Waals surface area (Å²) in [7, 11) is 0. The maximum absolute atomic E-state index is 13.0. The summed E-state index contributed by atoms with van der Waals surface area (Å²) < 4.78 is 11.1. The van der Waals surface area contributed by atoms with Gasteiger partial charge in [0, 0.05) is 16.3 Å². The van der Waals surface area contributed by atoms with Crippen LogP contribution in [-0.2, 0) is 6.54 Å². The number of benzene rings is 2. The lowest BCUT2D eigenvalue weighted by Gasteiger charge is -2.34. The Kier molecular flexibility index (Phi) is 5.25. The number of aromatic nitrogens is 2. The maximum atomic E-state index is 13.0. The molecule has 0 saturated heterocycles. The number of allylic oxidation sites excluding steroid dienone is 1. The van der Waals surface area contributed by atoms with Crippen LogP contribution < -0.4 is 5.32 Å². The average molecular weight is 447 g/mol. The first-order chi connectivity index (χ1) is 15.6. The van der Waals surface area contributed by atoms with Crippen LogP contribution in [-0.4, -0.2) is 21.1 Å². The second kappa shape index (κ2) is 8.36. The summed E-state index contributed by atoms with van der Waals surface area (Å²) in [6.45, 7) is 2.15. The number of nitrogens with one attached hydrogen (secondary N) is 1. The number of urea groups is 1. The van der Waals surface area contributed by atoms with Gasteiger partial charge in [-0.1, -0.05) is 59.2 Å². The van der Waals surface area contributed by atoms with Gasteiger partial charge in [0.05, 0.1) is 24.4 Å². The van der Waals surface area contributed by atoms with Gasteiger partial charge in [0.15, 0.2) is 0 Å². The average Bonchev–Trinajstić information content (AvgIpc) is 3.49. The van der Waals surface area contributed by atoms with Crippen molar-refractivity contribution in [1.29, 1.82) is 0 Å². The zero-order valence-electron chi connectivity index (χ0n) is 17.2. The molecule has 0 bridgehead atoms. The Bertz CT molecular complexity index is 1280. The highest BCUT2D eigenvalue weighted by Gasteiger charge is 2.36. The molecule has 3 heterocycles. The van der Waals surface area contributed by atoms with Gasteiger partial charge in [0.2, 0.25) is 5.82 Å². The van der Waals surface area contributed by atoms with Crippen LogP contribution >= 0.6 is 11.6 Å².